The van der Waals surface area contributed by atoms with Gasteiger partial charge in [-0.1, -0.05) is 25.1 Å². The Morgan fingerprint density at radius 3 is 2.79 bits per heavy atom. The smallest absolute Gasteiger partial charge is 0.272 e. The summed E-state index contributed by atoms with van der Waals surface area (Å²) in [4.78, 5) is 12.7. The van der Waals surface area contributed by atoms with Gasteiger partial charge >= 0.3 is 0 Å². The molecule has 1 aromatic heterocycles. The molecule has 1 aliphatic rings. The fraction of sp³-hybridized carbons (Fsp3) is 0.474. The normalized spacial score (nSPS) is 15.8. The molecule has 24 heavy (non-hydrogen) atoms. The summed E-state index contributed by atoms with van der Waals surface area (Å²) < 4.78 is 1.94. The second-order valence-electron chi connectivity index (χ2n) is 6.75. The van der Waals surface area contributed by atoms with Crippen molar-refractivity contribution >= 4 is 5.91 Å². The number of para-hydroxylation sites is 1. The van der Waals surface area contributed by atoms with Crippen molar-refractivity contribution in [2.45, 2.75) is 46.1 Å². The number of hydrogen-bond acceptors (Lipinski definition) is 3. The van der Waals surface area contributed by atoms with Gasteiger partial charge in [-0.25, -0.2) is 4.68 Å². The average molecular weight is 327 g/mol. The minimum absolute atomic E-state index is 0.0143. The molecule has 0 fully saturated rings. The van der Waals surface area contributed by atoms with Crippen LogP contribution in [0.3, 0.4) is 0 Å². The molecule has 1 amide bonds. The van der Waals surface area contributed by atoms with Crippen LogP contribution in [0.2, 0.25) is 0 Å². The number of nitrogens with zero attached hydrogens (tertiary/aromatic N) is 2. The SMILES string of the molecule is Cc1ccccc1-n1nc(C(=O)NC(C)C(C)CO)c2c1CCC2. The Bertz CT molecular complexity index is 751. The second kappa shape index (κ2) is 6.77. The van der Waals surface area contributed by atoms with Crippen molar-refractivity contribution in [2.75, 3.05) is 6.61 Å². The molecular weight excluding hydrogens is 302 g/mol. The number of hydrogen-bond donors (Lipinski definition) is 2. The quantitative estimate of drug-likeness (QED) is 0.886. The molecule has 5 nitrogen and oxygen atoms in total. The highest BCUT2D eigenvalue weighted by atomic mass is 16.3. The number of carbonyl (C=O) groups is 1. The highest BCUT2D eigenvalue weighted by Crippen LogP contribution is 2.28. The lowest BCUT2D eigenvalue weighted by Crippen LogP contribution is -2.38. The van der Waals surface area contributed by atoms with E-state index >= 15 is 0 Å². The summed E-state index contributed by atoms with van der Waals surface area (Å²) in [7, 11) is 0. The Morgan fingerprint density at radius 2 is 2.08 bits per heavy atom. The van der Waals surface area contributed by atoms with Crippen molar-refractivity contribution in [1.82, 2.24) is 15.1 Å². The van der Waals surface area contributed by atoms with Gasteiger partial charge in [0.1, 0.15) is 0 Å². The van der Waals surface area contributed by atoms with E-state index in [-0.39, 0.29) is 24.5 Å². The molecule has 0 saturated carbocycles. The van der Waals surface area contributed by atoms with Gasteiger partial charge < -0.3 is 10.4 Å². The van der Waals surface area contributed by atoms with E-state index in [0.717, 1.165) is 41.8 Å². The molecule has 1 aliphatic carbocycles. The third-order valence-corrected chi connectivity index (χ3v) is 4.99. The topological polar surface area (TPSA) is 67.2 Å². The summed E-state index contributed by atoms with van der Waals surface area (Å²) in [6.07, 6.45) is 2.91. The Labute approximate surface area is 142 Å². The summed E-state index contributed by atoms with van der Waals surface area (Å²) in [6, 6.07) is 8.01. The predicted molar refractivity (Wildman–Crippen MR) is 93.5 cm³/mol. The monoisotopic (exact) mass is 327 g/mol. The minimum Gasteiger partial charge on any atom is -0.396 e. The molecule has 1 aromatic carbocycles. The van der Waals surface area contributed by atoms with E-state index in [4.69, 9.17) is 0 Å². The van der Waals surface area contributed by atoms with E-state index < -0.39 is 0 Å². The van der Waals surface area contributed by atoms with E-state index in [1.54, 1.807) is 0 Å². The van der Waals surface area contributed by atoms with E-state index in [2.05, 4.69) is 23.4 Å². The Morgan fingerprint density at radius 1 is 1.33 bits per heavy atom. The van der Waals surface area contributed by atoms with Gasteiger partial charge in [-0.15, -0.1) is 0 Å². The van der Waals surface area contributed by atoms with E-state index in [1.165, 1.54) is 0 Å². The summed E-state index contributed by atoms with van der Waals surface area (Å²) in [5, 5.41) is 16.9. The number of rotatable bonds is 5. The van der Waals surface area contributed by atoms with Crippen molar-refractivity contribution in [3.63, 3.8) is 0 Å². The minimum atomic E-state index is -0.145. The van der Waals surface area contributed by atoms with Gasteiger partial charge in [-0.05, 0) is 50.7 Å². The summed E-state index contributed by atoms with van der Waals surface area (Å²) in [5.41, 5.74) is 4.93. The lowest BCUT2D eigenvalue weighted by Gasteiger charge is -2.18. The number of nitrogens with one attached hydrogen (secondary N) is 1. The maximum Gasteiger partial charge on any atom is 0.272 e. The van der Waals surface area contributed by atoms with Crippen LogP contribution < -0.4 is 5.32 Å². The van der Waals surface area contributed by atoms with Crippen molar-refractivity contribution in [3.8, 4) is 5.69 Å². The number of benzene rings is 1. The van der Waals surface area contributed by atoms with Crippen LogP contribution >= 0.6 is 0 Å². The molecule has 128 valence electrons. The van der Waals surface area contributed by atoms with Crippen LogP contribution in [-0.2, 0) is 12.8 Å². The summed E-state index contributed by atoms with van der Waals surface area (Å²) in [5.74, 6) is -0.131. The molecule has 1 heterocycles. The molecule has 3 rings (SSSR count). The van der Waals surface area contributed by atoms with Gasteiger partial charge in [0.05, 0.1) is 5.69 Å². The number of aromatic nitrogens is 2. The highest BCUT2D eigenvalue weighted by molar-refractivity contribution is 5.94. The molecule has 0 saturated heterocycles. The number of amides is 1. The molecule has 5 heteroatoms. The number of aliphatic hydroxyl groups is 1. The van der Waals surface area contributed by atoms with Gasteiger partial charge in [-0.2, -0.15) is 5.10 Å². The zero-order valence-electron chi connectivity index (χ0n) is 14.5. The number of carbonyl (C=O) groups excluding carboxylic acids is 1. The molecule has 2 atom stereocenters. The lowest BCUT2D eigenvalue weighted by molar-refractivity contribution is 0.0910. The molecule has 0 aliphatic heterocycles. The summed E-state index contributed by atoms with van der Waals surface area (Å²) >= 11 is 0. The maximum atomic E-state index is 12.7. The molecular formula is C19H25N3O2. The van der Waals surface area contributed by atoms with Crippen molar-refractivity contribution in [2.24, 2.45) is 5.92 Å². The maximum absolute atomic E-state index is 12.7. The molecule has 0 radical (unpaired) electrons. The first kappa shape index (κ1) is 16.7. The van der Waals surface area contributed by atoms with Crippen LogP contribution in [0.25, 0.3) is 5.69 Å². The van der Waals surface area contributed by atoms with Gasteiger partial charge in [-0.3, -0.25) is 4.79 Å². The number of fused-ring (bicyclic) bond motifs is 1. The van der Waals surface area contributed by atoms with Crippen LogP contribution in [0.15, 0.2) is 24.3 Å². The highest BCUT2D eigenvalue weighted by Gasteiger charge is 2.28. The first-order valence-corrected chi connectivity index (χ1v) is 8.61. The molecule has 0 bridgehead atoms. The van der Waals surface area contributed by atoms with E-state index in [9.17, 15) is 9.90 Å². The predicted octanol–water partition coefficient (Wildman–Crippen LogP) is 2.42. The van der Waals surface area contributed by atoms with Crippen LogP contribution in [0.4, 0.5) is 0 Å². The third kappa shape index (κ3) is 2.96. The Balaban J connectivity index is 1.95. The van der Waals surface area contributed by atoms with Crippen molar-refractivity contribution < 1.29 is 9.90 Å². The lowest BCUT2D eigenvalue weighted by atomic mass is 10.0. The van der Waals surface area contributed by atoms with E-state index in [1.807, 2.05) is 36.7 Å². The molecule has 2 unspecified atom stereocenters. The van der Waals surface area contributed by atoms with E-state index in [0.29, 0.717) is 5.69 Å². The summed E-state index contributed by atoms with van der Waals surface area (Å²) in [6.45, 7) is 5.94. The molecule has 2 N–H and O–H groups in total. The zero-order valence-corrected chi connectivity index (χ0v) is 14.5. The van der Waals surface area contributed by atoms with Crippen LogP contribution in [-0.4, -0.2) is 33.4 Å². The number of aliphatic hydroxyl groups excluding tert-OH is 1. The standard InChI is InChI=1S/C19H25N3O2/c1-12-7-4-5-9-16(12)22-17-10-6-8-15(17)18(21-22)19(24)20-14(3)13(2)11-23/h4-5,7,9,13-14,23H,6,8,10-11H2,1-3H3,(H,20,24). The van der Waals surface area contributed by atoms with Gasteiger partial charge in [0.25, 0.3) is 5.91 Å². The third-order valence-electron chi connectivity index (χ3n) is 4.99. The van der Waals surface area contributed by atoms with Crippen LogP contribution in [0, 0.1) is 12.8 Å². The second-order valence-corrected chi connectivity index (χ2v) is 6.75. The first-order valence-electron chi connectivity index (χ1n) is 8.61. The van der Waals surface area contributed by atoms with Gasteiger partial charge in [0.15, 0.2) is 5.69 Å². The van der Waals surface area contributed by atoms with Crippen LogP contribution in [0.5, 0.6) is 0 Å². The average Bonchev–Trinajstić information content (AvgIpc) is 3.17. The number of aryl methyl sites for hydroxylation is 1. The van der Waals surface area contributed by atoms with Crippen molar-refractivity contribution in [3.05, 3.63) is 46.8 Å². The fourth-order valence-electron chi connectivity index (χ4n) is 3.20. The van der Waals surface area contributed by atoms with Crippen LogP contribution in [0.1, 0.15) is 47.6 Å². The Hall–Kier alpha value is -2.14. The first-order chi connectivity index (χ1) is 11.5. The molecule has 2 aromatic rings. The Kier molecular flexibility index (Phi) is 4.71. The van der Waals surface area contributed by atoms with Crippen molar-refractivity contribution in [1.29, 1.82) is 0 Å². The fourth-order valence-corrected chi connectivity index (χ4v) is 3.20. The van der Waals surface area contributed by atoms with Gasteiger partial charge in [0, 0.05) is 23.9 Å². The van der Waals surface area contributed by atoms with Gasteiger partial charge in [0.2, 0.25) is 0 Å². The largest absolute Gasteiger partial charge is 0.396 e. The zero-order chi connectivity index (χ0) is 17.3. The molecule has 0 spiro atoms.